The summed E-state index contributed by atoms with van der Waals surface area (Å²) in [6, 6.07) is 5.57. The third-order valence-corrected chi connectivity index (χ3v) is 2.75. The molecule has 1 N–H and O–H groups in total. The topological polar surface area (TPSA) is 46.0 Å². The molecule has 0 radical (unpaired) electrons. The summed E-state index contributed by atoms with van der Waals surface area (Å²) in [6.45, 7) is 3.13. The molecule has 0 aliphatic carbocycles. The van der Waals surface area contributed by atoms with Gasteiger partial charge in [0, 0.05) is 23.5 Å². The van der Waals surface area contributed by atoms with Gasteiger partial charge >= 0.3 is 6.18 Å². The van der Waals surface area contributed by atoms with Gasteiger partial charge in [-0.3, -0.25) is 9.97 Å². The molecule has 106 valence electrons. The van der Waals surface area contributed by atoms with Crippen molar-refractivity contribution in [1.82, 2.24) is 9.97 Å². The lowest BCUT2D eigenvalue weighted by Gasteiger charge is -2.20. The monoisotopic (exact) mass is 282 g/mol. The van der Waals surface area contributed by atoms with E-state index in [2.05, 4.69) is 9.97 Å². The van der Waals surface area contributed by atoms with Gasteiger partial charge in [-0.25, -0.2) is 0 Å². The highest BCUT2D eigenvalue weighted by atomic mass is 19.4. The van der Waals surface area contributed by atoms with E-state index in [9.17, 15) is 18.3 Å². The van der Waals surface area contributed by atoms with Crippen LogP contribution in [0.5, 0.6) is 0 Å². The molecule has 0 fully saturated rings. The van der Waals surface area contributed by atoms with E-state index in [1.165, 1.54) is 12.3 Å². The third kappa shape index (κ3) is 2.96. The zero-order chi connectivity index (χ0) is 15.0. The van der Waals surface area contributed by atoms with Gasteiger partial charge in [-0.05, 0) is 26.0 Å². The van der Waals surface area contributed by atoms with Gasteiger partial charge in [-0.1, -0.05) is 12.1 Å². The SMILES string of the molecule is CC(C)(O)c1ncccc1-c1ccc(C(F)(F)F)nc1. The van der Waals surface area contributed by atoms with Gasteiger partial charge < -0.3 is 5.11 Å². The molecule has 6 heteroatoms. The third-order valence-electron chi connectivity index (χ3n) is 2.75. The van der Waals surface area contributed by atoms with E-state index in [1.807, 2.05) is 0 Å². The number of rotatable bonds is 2. The van der Waals surface area contributed by atoms with Crippen LogP contribution in [0.25, 0.3) is 11.1 Å². The van der Waals surface area contributed by atoms with Gasteiger partial charge in [0.1, 0.15) is 11.3 Å². The molecular weight excluding hydrogens is 269 g/mol. The van der Waals surface area contributed by atoms with Crippen LogP contribution in [-0.4, -0.2) is 15.1 Å². The summed E-state index contributed by atoms with van der Waals surface area (Å²) in [4.78, 5) is 7.51. The lowest BCUT2D eigenvalue weighted by atomic mass is 9.95. The molecule has 0 aliphatic heterocycles. The van der Waals surface area contributed by atoms with Crippen LogP contribution in [0.2, 0.25) is 0 Å². The average molecular weight is 282 g/mol. The second kappa shape index (κ2) is 4.86. The Morgan fingerprint density at radius 3 is 2.25 bits per heavy atom. The highest BCUT2D eigenvalue weighted by Gasteiger charge is 2.32. The van der Waals surface area contributed by atoms with Gasteiger partial charge in [-0.15, -0.1) is 0 Å². The first kappa shape index (κ1) is 14.5. The van der Waals surface area contributed by atoms with E-state index >= 15 is 0 Å². The molecule has 0 saturated heterocycles. The van der Waals surface area contributed by atoms with E-state index in [0.717, 1.165) is 12.3 Å². The Hall–Kier alpha value is -1.95. The Bertz CT molecular complexity index is 601. The summed E-state index contributed by atoms with van der Waals surface area (Å²) < 4.78 is 37.4. The summed E-state index contributed by atoms with van der Waals surface area (Å²) in [6.07, 6.45) is -1.81. The molecule has 2 rings (SSSR count). The van der Waals surface area contributed by atoms with Crippen LogP contribution >= 0.6 is 0 Å². The first-order chi connectivity index (χ1) is 9.19. The summed E-state index contributed by atoms with van der Waals surface area (Å²) in [5.41, 5.74) is -0.722. The lowest BCUT2D eigenvalue weighted by Crippen LogP contribution is -2.18. The van der Waals surface area contributed by atoms with Crippen molar-refractivity contribution < 1.29 is 18.3 Å². The maximum Gasteiger partial charge on any atom is 0.433 e. The molecule has 0 atom stereocenters. The first-order valence-corrected chi connectivity index (χ1v) is 5.91. The first-order valence-electron chi connectivity index (χ1n) is 5.91. The molecule has 0 spiro atoms. The predicted molar refractivity (Wildman–Crippen MR) is 67.7 cm³/mol. The molecule has 2 aromatic rings. The number of pyridine rings is 2. The fourth-order valence-electron chi connectivity index (χ4n) is 1.85. The molecule has 3 nitrogen and oxygen atoms in total. The van der Waals surface area contributed by atoms with Crippen LogP contribution < -0.4 is 0 Å². The summed E-state index contributed by atoms with van der Waals surface area (Å²) >= 11 is 0. The normalized spacial score (nSPS) is 12.5. The van der Waals surface area contributed by atoms with Crippen LogP contribution in [0.4, 0.5) is 13.2 Å². The standard InChI is InChI=1S/C14H13F3N2O/c1-13(2,20)12-10(4-3-7-18-12)9-5-6-11(19-8-9)14(15,16)17/h3-8,20H,1-2H3. The zero-order valence-corrected chi connectivity index (χ0v) is 10.9. The number of halogens is 3. The van der Waals surface area contributed by atoms with Crippen LogP contribution in [0, 0.1) is 0 Å². The van der Waals surface area contributed by atoms with E-state index in [0.29, 0.717) is 16.8 Å². The summed E-state index contributed by atoms with van der Waals surface area (Å²) in [7, 11) is 0. The molecule has 2 heterocycles. The van der Waals surface area contributed by atoms with E-state index in [4.69, 9.17) is 0 Å². The van der Waals surface area contributed by atoms with Crippen molar-refractivity contribution in [3.05, 3.63) is 48.0 Å². The molecule has 0 amide bonds. The molecular formula is C14H13F3N2O. The number of nitrogens with zero attached hydrogens (tertiary/aromatic N) is 2. The van der Waals surface area contributed by atoms with Crippen LogP contribution in [0.15, 0.2) is 36.7 Å². The fraction of sp³-hybridized carbons (Fsp3) is 0.286. The lowest BCUT2D eigenvalue weighted by molar-refractivity contribution is -0.141. The van der Waals surface area contributed by atoms with Crippen molar-refractivity contribution in [2.45, 2.75) is 25.6 Å². The second-order valence-corrected chi connectivity index (χ2v) is 4.89. The Morgan fingerprint density at radius 2 is 1.75 bits per heavy atom. The molecule has 2 aromatic heterocycles. The molecule has 20 heavy (non-hydrogen) atoms. The van der Waals surface area contributed by atoms with Crippen molar-refractivity contribution in [3.63, 3.8) is 0 Å². The average Bonchev–Trinajstić information content (AvgIpc) is 2.37. The second-order valence-electron chi connectivity index (χ2n) is 4.89. The smallest absolute Gasteiger partial charge is 0.384 e. The van der Waals surface area contributed by atoms with Crippen molar-refractivity contribution in [3.8, 4) is 11.1 Å². The highest BCUT2D eigenvalue weighted by molar-refractivity contribution is 5.65. The molecule has 0 saturated carbocycles. The van der Waals surface area contributed by atoms with Gasteiger partial charge in [0.2, 0.25) is 0 Å². The van der Waals surface area contributed by atoms with E-state index < -0.39 is 17.5 Å². The van der Waals surface area contributed by atoms with E-state index in [-0.39, 0.29) is 0 Å². The van der Waals surface area contributed by atoms with E-state index in [1.54, 1.807) is 26.0 Å². The quantitative estimate of drug-likeness (QED) is 0.918. The Kier molecular flexibility index (Phi) is 3.52. The Labute approximate surface area is 114 Å². The summed E-state index contributed by atoms with van der Waals surface area (Å²) in [5, 5.41) is 10.1. The van der Waals surface area contributed by atoms with Crippen molar-refractivity contribution in [2.24, 2.45) is 0 Å². The largest absolute Gasteiger partial charge is 0.433 e. The minimum Gasteiger partial charge on any atom is -0.384 e. The maximum absolute atomic E-state index is 12.5. The maximum atomic E-state index is 12.5. The zero-order valence-electron chi connectivity index (χ0n) is 10.9. The Balaban J connectivity index is 2.48. The van der Waals surface area contributed by atoms with Gasteiger partial charge in [0.15, 0.2) is 0 Å². The predicted octanol–water partition coefficient (Wildman–Crippen LogP) is 3.39. The van der Waals surface area contributed by atoms with Crippen LogP contribution in [0.1, 0.15) is 25.2 Å². The van der Waals surface area contributed by atoms with Crippen LogP contribution in [0.3, 0.4) is 0 Å². The highest BCUT2D eigenvalue weighted by Crippen LogP contribution is 2.32. The molecule has 0 bridgehead atoms. The van der Waals surface area contributed by atoms with Gasteiger partial charge in [0.05, 0.1) is 5.69 Å². The van der Waals surface area contributed by atoms with Crippen molar-refractivity contribution in [2.75, 3.05) is 0 Å². The van der Waals surface area contributed by atoms with Gasteiger partial charge in [-0.2, -0.15) is 13.2 Å². The fourth-order valence-corrected chi connectivity index (χ4v) is 1.85. The molecule has 0 unspecified atom stereocenters. The molecule has 0 aliphatic rings. The number of aliphatic hydroxyl groups is 1. The van der Waals surface area contributed by atoms with Crippen LogP contribution in [-0.2, 0) is 11.8 Å². The number of alkyl halides is 3. The minimum absolute atomic E-state index is 0.390. The number of hydrogen-bond donors (Lipinski definition) is 1. The van der Waals surface area contributed by atoms with Crippen molar-refractivity contribution >= 4 is 0 Å². The number of hydrogen-bond acceptors (Lipinski definition) is 3. The number of aromatic nitrogens is 2. The minimum atomic E-state index is -4.47. The summed E-state index contributed by atoms with van der Waals surface area (Å²) in [5.74, 6) is 0. The van der Waals surface area contributed by atoms with Crippen molar-refractivity contribution in [1.29, 1.82) is 0 Å². The Morgan fingerprint density at radius 1 is 1.05 bits per heavy atom. The van der Waals surface area contributed by atoms with Gasteiger partial charge in [0.25, 0.3) is 0 Å². The molecule has 0 aromatic carbocycles.